The quantitative estimate of drug-likeness (QED) is 0.0146. The number of esters is 3. The predicted octanol–water partition coefficient (Wildman–Crippen LogP) is 22.8. The topological polar surface area (TPSA) is 231 Å². The lowest BCUT2D eigenvalue weighted by Gasteiger charge is -2.21. The van der Waals surface area contributed by atoms with Crippen molar-refractivity contribution in [3.05, 3.63) is 194 Å². The van der Waals surface area contributed by atoms with Gasteiger partial charge in [-0.05, 0) is 154 Å². The summed E-state index contributed by atoms with van der Waals surface area (Å²) in [7, 11) is -9.84. The van der Waals surface area contributed by atoms with E-state index in [1.54, 1.807) is 0 Å². The largest absolute Gasteiger partial charge is 0.472 e. The van der Waals surface area contributed by atoms with Crippen LogP contribution in [0.15, 0.2) is 194 Å². The molecule has 0 radical (unpaired) electrons. The molecule has 0 aromatic rings. The number of ether oxygens (including phenoxy) is 3. The number of carbonyl (C=O) groups is 3. The normalized spacial score (nSPS) is 15.1. The van der Waals surface area contributed by atoms with Gasteiger partial charge in [0.05, 0.1) is 26.4 Å². The Labute approximate surface area is 623 Å². The van der Waals surface area contributed by atoms with E-state index in [1.165, 1.54) is 25.7 Å². The van der Waals surface area contributed by atoms with Crippen molar-refractivity contribution in [1.29, 1.82) is 0 Å². The third-order valence-corrected chi connectivity index (χ3v) is 17.2. The van der Waals surface area contributed by atoms with Gasteiger partial charge in [0, 0.05) is 19.3 Å². The molecule has 582 valence electrons. The third kappa shape index (κ3) is 77.3. The van der Waals surface area contributed by atoms with E-state index < -0.39 is 91.5 Å². The average Bonchev–Trinajstić information content (AvgIpc) is 0.922. The fraction of sp³-hybridized carbons (Fsp3) is 0.588. The Bertz CT molecular complexity index is 2650. The van der Waals surface area contributed by atoms with Crippen molar-refractivity contribution in [2.45, 2.75) is 283 Å². The van der Waals surface area contributed by atoms with Gasteiger partial charge in [-0.3, -0.25) is 32.5 Å². The maximum absolute atomic E-state index is 13.0. The lowest BCUT2D eigenvalue weighted by Crippen LogP contribution is -2.29. The van der Waals surface area contributed by atoms with Gasteiger partial charge < -0.3 is 34.2 Å². The fourth-order valence-electron chi connectivity index (χ4n) is 9.46. The van der Waals surface area contributed by atoms with E-state index in [0.717, 1.165) is 173 Å². The summed E-state index contributed by atoms with van der Waals surface area (Å²) in [5.74, 6) is -1.71. The van der Waals surface area contributed by atoms with E-state index in [1.807, 2.05) is 18.2 Å². The molecule has 18 heteroatoms. The highest BCUT2D eigenvalue weighted by atomic mass is 31.2. The first kappa shape index (κ1) is 97.4. The molecule has 5 atom stereocenters. The Morgan fingerprint density at radius 1 is 0.282 bits per heavy atom. The molecule has 0 aliphatic heterocycles. The number of allylic oxidation sites excluding steroid dienone is 32. The van der Waals surface area contributed by atoms with Gasteiger partial charge in [0.2, 0.25) is 0 Å². The first-order valence-electron chi connectivity index (χ1n) is 38.7. The molecule has 0 heterocycles. The Morgan fingerprint density at radius 3 is 0.854 bits per heavy atom. The zero-order chi connectivity index (χ0) is 75.2. The molecule has 0 aromatic heterocycles. The van der Waals surface area contributed by atoms with Crippen LogP contribution in [0.3, 0.4) is 0 Å². The van der Waals surface area contributed by atoms with Crippen LogP contribution < -0.4 is 0 Å². The standard InChI is InChI=1S/C85H136O16P2/c1-4-7-10-13-16-19-22-25-28-31-34-36-38-39-41-43-45-47-50-53-56-59-62-65-68-71-83(88)95-74-80(86)75-97-102(91,92)98-76-81(87)77-99-103(93,94)100-79-82(101-85(90)73-70-67-64-61-58-55-52-49-44-33-30-27-24-21-18-15-12-9-6-3)78-96-84(89)72-69-66-63-60-57-54-51-48-46-42-40-37-35-32-29-26-23-20-17-14-11-8-5-2/h7,9-10,12,16-21,25-30,34-37,39,41-42,44-47,49,55,58,64,67,80-82,86-87H,4-6,8,11,13-15,22-24,31-33,38,40,43,48,50-54,56-57,59-63,65-66,68-79H2,1-3H3,(H,91,92)(H,93,94)/b10-7-,12-9-,19-16-,20-17-,21-18-,28-25-,29-26-,30-27-,36-34-,37-35-,41-39-,46-42-,47-45-,49-44-,58-55-,67-64-. The highest BCUT2D eigenvalue weighted by Crippen LogP contribution is 2.45. The van der Waals surface area contributed by atoms with E-state index >= 15 is 0 Å². The zero-order valence-corrected chi connectivity index (χ0v) is 65.2. The van der Waals surface area contributed by atoms with Crippen molar-refractivity contribution in [2.24, 2.45) is 0 Å². The number of phosphoric acid groups is 2. The van der Waals surface area contributed by atoms with Gasteiger partial charge in [-0.25, -0.2) is 9.13 Å². The van der Waals surface area contributed by atoms with Crippen LogP contribution in [0.25, 0.3) is 0 Å². The summed E-state index contributed by atoms with van der Waals surface area (Å²) in [6.07, 6.45) is 99.1. The molecule has 0 bridgehead atoms. The van der Waals surface area contributed by atoms with Crippen LogP contribution in [-0.2, 0) is 55.8 Å². The zero-order valence-electron chi connectivity index (χ0n) is 63.4. The third-order valence-electron chi connectivity index (χ3n) is 15.3. The Kier molecular flexibility index (Phi) is 71.9. The van der Waals surface area contributed by atoms with E-state index in [9.17, 15) is 43.5 Å². The van der Waals surface area contributed by atoms with Gasteiger partial charge in [-0.1, -0.05) is 286 Å². The van der Waals surface area contributed by atoms with Crippen molar-refractivity contribution in [3.63, 3.8) is 0 Å². The Morgan fingerprint density at radius 2 is 0.534 bits per heavy atom. The second-order valence-corrected chi connectivity index (χ2v) is 27.9. The molecular weight excluding hydrogens is 1340 g/mol. The molecule has 0 rings (SSSR count). The molecule has 0 saturated carbocycles. The molecule has 0 aromatic carbocycles. The second kappa shape index (κ2) is 76.1. The van der Waals surface area contributed by atoms with Crippen LogP contribution >= 0.6 is 15.6 Å². The Balaban J connectivity index is 4.77. The molecule has 103 heavy (non-hydrogen) atoms. The number of aliphatic hydroxyl groups excluding tert-OH is 2. The van der Waals surface area contributed by atoms with Crippen molar-refractivity contribution in [3.8, 4) is 0 Å². The number of hydrogen-bond acceptors (Lipinski definition) is 14. The van der Waals surface area contributed by atoms with E-state index in [4.69, 9.17) is 32.3 Å². The fourth-order valence-corrected chi connectivity index (χ4v) is 11.0. The maximum Gasteiger partial charge on any atom is 0.472 e. The van der Waals surface area contributed by atoms with Gasteiger partial charge in [-0.2, -0.15) is 0 Å². The van der Waals surface area contributed by atoms with Crippen LogP contribution in [0.4, 0.5) is 0 Å². The summed E-state index contributed by atoms with van der Waals surface area (Å²) in [4.78, 5) is 58.6. The van der Waals surface area contributed by atoms with E-state index in [2.05, 4.69) is 197 Å². The second-order valence-electron chi connectivity index (χ2n) is 25.0. The van der Waals surface area contributed by atoms with Crippen LogP contribution in [0.5, 0.6) is 0 Å². The molecule has 0 spiro atoms. The number of aliphatic hydroxyl groups is 2. The minimum absolute atomic E-state index is 0.0315. The minimum Gasteiger partial charge on any atom is -0.463 e. The number of rotatable bonds is 71. The molecule has 4 N–H and O–H groups in total. The van der Waals surface area contributed by atoms with E-state index in [-0.39, 0.29) is 19.3 Å². The molecular formula is C85H136O16P2. The van der Waals surface area contributed by atoms with Gasteiger partial charge in [-0.15, -0.1) is 0 Å². The molecule has 0 amide bonds. The summed E-state index contributed by atoms with van der Waals surface area (Å²) in [5.41, 5.74) is 0. The summed E-state index contributed by atoms with van der Waals surface area (Å²) in [5, 5.41) is 20.6. The highest BCUT2D eigenvalue weighted by Gasteiger charge is 2.29. The molecule has 0 aliphatic carbocycles. The smallest absolute Gasteiger partial charge is 0.463 e. The number of phosphoric ester groups is 2. The maximum atomic E-state index is 13.0. The monoisotopic (exact) mass is 1470 g/mol. The minimum atomic E-state index is -4.97. The number of hydrogen-bond donors (Lipinski definition) is 4. The molecule has 0 saturated heterocycles. The molecule has 5 unspecified atom stereocenters. The molecule has 0 aliphatic rings. The summed E-state index contributed by atoms with van der Waals surface area (Å²) in [6.45, 7) is 2.27. The van der Waals surface area contributed by atoms with Crippen molar-refractivity contribution in [1.82, 2.24) is 0 Å². The van der Waals surface area contributed by atoms with Gasteiger partial charge in [0.25, 0.3) is 0 Å². The highest BCUT2D eigenvalue weighted by molar-refractivity contribution is 7.47. The van der Waals surface area contributed by atoms with Crippen LogP contribution in [0, 0.1) is 0 Å². The van der Waals surface area contributed by atoms with Crippen molar-refractivity contribution >= 4 is 33.6 Å². The lowest BCUT2D eigenvalue weighted by atomic mass is 10.1. The van der Waals surface area contributed by atoms with Gasteiger partial charge >= 0.3 is 33.6 Å². The first-order chi connectivity index (χ1) is 50.2. The summed E-state index contributed by atoms with van der Waals surface area (Å²) >= 11 is 0. The lowest BCUT2D eigenvalue weighted by molar-refractivity contribution is -0.161. The van der Waals surface area contributed by atoms with Gasteiger partial charge in [0.15, 0.2) is 6.10 Å². The summed E-state index contributed by atoms with van der Waals surface area (Å²) in [6, 6.07) is 0. The summed E-state index contributed by atoms with van der Waals surface area (Å²) < 4.78 is 61.0. The molecule has 16 nitrogen and oxygen atoms in total. The SMILES string of the molecule is CC/C=C\C/C=C\C/C=C\C/C=C\C/C=C\C/C=C\CCCCCCCCC(=O)OCC(O)COP(=O)(O)OCC(O)COP(=O)(O)OCC(COC(=O)CCCCCCCCC/C=C\C/C=C\C/C=C\C/C=C\CCCCC)OC(=O)CC/C=C\C/C=C\C/C=C\C/C=C\C/C=C\C/C=C\CC. The van der Waals surface area contributed by atoms with Crippen LogP contribution in [0.1, 0.15) is 265 Å². The predicted molar refractivity (Wildman–Crippen MR) is 426 cm³/mol. The average molecular weight is 1480 g/mol. The van der Waals surface area contributed by atoms with Crippen molar-refractivity contribution in [2.75, 3.05) is 39.6 Å². The number of unbranched alkanes of at least 4 members (excludes halogenated alkanes) is 16. The van der Waals surface area contributed by atoms with Crippen LogP contribution in [0.2, 0.25) is 0 Å². The Hall–Kier alpha value is -5.61. The van der Waals surface area contributed by atoms with Crippen molar-refractivity contribution < 1.29 is 75.8 Å². The van der Waals surface area contributed by atoms with E-state index in [0.29, 0.717) is 25.7 Å². The molecule has 0 fully saturated rings. The van der Waals surface area contributed by atoms with Crippen LogP contribution in [-0.4, -0.2) is 95.9 Å². The van der Waals surface area contributed by atoms with Gasteiger partial charge in [0.1, 0.15) is 25.4 Å². The first-order valence-corrected chi connectivity index (χ1v) is 41.7. The number of carbonyl (C=O) groups excluding carboxylic acids is 3.